The summed E-state index contributed by atoms with van der Waals surface area (Å²) in [5, 5.41) is 19.6. The van der Waals surface area contributed by atoms with Crippen LogP contribution in [0.2, 0.25) is 0 Å². The molecule has 7 nitrogen and oxygen atoms in total. The number of aromatic nitrogens is 2. The molecule has 0 spiro atoms. The number of hydrogen-bond acceptors (Lipinski definition) is 6. The smallest absolute Gasteiger partial charge is 0.410 e. The lowest BCUT2D eigenvalue weighted by atomic mass is 9.97. The summed E-state index contributed by atoms with van der Waals surface area (Å²) in [6.07, 6.45) is -0.451. The van der Waals surface area contributed by atoms with Crippen LogP contribution in [0.25, 0.3) is 11.3 Å². The van der Waals surface area contributed by atoms with E-state index in [1.165, 1.54) is 0 Å². The van der Waals surface area contributed by atoms with Gasteiger partial charge in [-0.3, -0.25) is 0 Å². The number of rotatable bonds is 4. The van der Waals surface area contributed by atoms with Crippen molar-refractivity contribution in [3.05, 3.63) is 41.1 Å². The molecule has 1 aliphatic rings. The van der Waals surface area contributed by atoms with Crippen molar-refractivity contribution in [2.75, 3.05) is 20.2 Å². The first-order valence-electron chi connectivity index (χ1n) is 10.2. The maximum Gasteiger partial charge on any atom is 0.410 e. The first-order chi connectivity index (χ1) is 14.1. The second kappa shape index (κ2) is 8.60. The Morgan fingerprint density at radius 2 is 1.97 bits per heavy atom. The highest BCUT2D eigenvalue weighted by Crippen LogP contribution is 2.34. The Bertz CT molecular complexity index is 923. The van der Waals surface area contributed by atoms with Crippen LogP contribution in [0, 0.1) is 19.8 Å². The van der Waals surface area contributed by atoms with Crippen molar-refractivity contribution in [3.8, 4) is 17.0 Å². The van der Waals surface area contributed by atoms with Gasteiger partial charge in [-0.25, -0.2) is 4.79 Å². The summed E-state index contributed by atoms with van der Waals surface area (Å²) in [5.41, 5.74) is 3.57. The Kier molecular flexibility index (Phi) is 6.31. The van der Waals surface area contributed by atoms with E-state index in [0.717, 1.165) is 28.1 Å². The Morgan fingerprint density at radius 3 is 2.60 bits per heavy atom. The lowest BCUT2D eigenvalue weighted by molar-refractivity contribution is 0.0266. The summed E-state index contributed by atoms with van der Waals surface area (Å²) in [6, 6.07) is 7.80. The van der Waals surface area contributed by atoms with E-state index in [1.807, 2.05) is 58.9 Å². The topological polar surface area (TPSA) is 84.8 Å². The third kappa shape index (κ3) is 4.90. The standard InChI is InChI=1S/C23H31N3O4/c1-14-7-8-17(19(11-14)29-6)20-15(2)12-18(24-25-20)21(27)16-9-10-26(13-16)22(28)30-23(3,4)5/h7-8,11-12,16,21,27H,9-10,13H2,1-6H3/t16-,21?/m1/s1. The van der Waals surface area contributed by atoms with Crippen molar-refractivity contribution in [1.82, 2.24) is 15.1 Å². The van der Waals surface area contributed by atoms with E-state index in [2.05, 4.69) is 10.2 Å². The number of ether oxygens (including phenoxy) is 2. The maximum atomic E-state index is 12.3. The number of methoxy groups -OCH3 is 1. The molecule has 1 fully saturated rings. The minimum absolute atomic E-state index is 0.106. The SMILES string of the molecule is COc1cc(C)ccc1-c1nnc(C(O)[C@@H]2CCN(C(=O)OC(C)(C)C)C2)cc1C. The van der Waals surface area contributed by atoms with Crippen LogP contribution < -0.4 is 4.74 Å². The number of aliphatic hydroxyl groups is 1. The fraction of sp³-hybridized carbons (Fsp3) is 0.522. The molecule has 0 aliphatic carbocycles. The van der Waals surface area contributed by atoms with Gasteiger partial charge < -0.3 is 19.5 Å². The van der Waals surface area contributed by atoms with E-state index in [-0.39, 0.29) is 12.0 Å². The fourth-order valence-corrected chi connectivity index (χ4v) is 3.69. The van der Waals surface area contributed by atoms with E-state index < -0.39 is 11.7 Å². The van der Waals surface area contributed by atoms with Gasteiger partial charge in [0, 0.05) is 24.6 Å². The van der Waals surface area contributed by atoms with E-state index in [0.29, 0.717) is 25.2 Å². The van der Waals surface area contributed by atoms with Crippen molar-refractivity contribution in [1.29, 1.82) is 0 Å². The monoisotopic (exact) mass is 413 g/mol. The minimum Gasteiger partial charge on any atom is -0.496 e. The van der Waals surface area contributed by atoms with Gasteiger partial charge in [0.25, 0.3) is 0 Å². The zero-order valence-corrected chi connectivity index (χ0v) is 18.6. The lowest BCUT2D eigenvalue weighted by Crippen LogP contribution is -2.35. The summed E-state index contributed by atoms with van der Waals surface area (Å²) in [4.78, 5) is 13.9. The first-order valence-corrected chi connectivity index (χ1v) is 10.2. The number of hydrogen-bond donors (Lipinski definition) is 1. The molecule has 1 saturated heterocycles. The van der Waals surface area contributed by atoms with Gasteiger partial charge in [-0.15, -0.1) is 5.10 Å². The highest BCUT2D eigenvalue weighted by Gasteiger charge is 2.34. The molecule has 30 heavy (non-hydrogen) atoms. The van der Waals surface area contributed by atoms with Crippen LogP contribution in [-0.2, 0) is 4.74 Å². The Balaban J connectivity index is 1.75. The molecule has 162 valence electrons. The predicted molar refractivity (Wildman–Crippen MR) is 114 cm³/mol. The summed E-state index contributed by atoms with van der Waals surface area (Å²) in [5.74, 6) is 0.635. The minimum atomic E-state index is -0.794. The molecule has 1 N–H and O–H groups in total. The van der Waals surface area contributed by atoms with Gasteiger partial charge in [-0.2, -0.15) is 5.10 Å². The van der Waals surface area contributed by atoms with Crippen molar-refractivity contribution >= 4 is 6.09 Å². The molecular weight excluding hydrogens is 382 g/mol. The summed E-state index contributed by atoms with van der Waals surface area (Å²) in [7, 11) is 1.63. The van der Waals surface area contributed by atoms with Gasteiger partial charge in [-0.05, 0) is 70.4 Å². The number of carbonyl (C=O) groups excluding carboxylic acids is 1. The van der Waals surface area contributed by atoms with Gasteiger partial charge in [0.1, 0.15) is 17.5 Å². The normalized spacial score (nSPS) is 17.7. The molecule has 0 radical (unpaired) electrons. The number of aliphatic hydroxyl groups excluding tert-OH is 1. The molecule has 1 unspecified atom stereocenters. The molecule has 1 aromatic carbocycles. The molecule has 0 saturated carbocycles. The number of nitrogens with zero attached hydrogens (tertiary/aromatic N) is 3. The van der Waals surface area contributed by atoms with Crippen molar-refractivity contribution in [2.24, 2.45) is 5.92 Å². The largest absolute Gasteiger partial charge is 0.496 e. The molecule has 0 bridgehead atoms. The van der Waals surface area contributed by atoms with Gasteiger partial charge in [0.15, 0.2) is 0 Å². The van der Waals surface area contributed by atoms with Gasteiger partial charge >= 0.3 is 6.09 Å². The van der Waals surface area contributed by atoms with Crippen molar-refractivity contribution in [2.45, 2.75) is 52.7 Å². The lowest BCUT2D eigenvalue weighted by Gasteiger charge is -2.25. The number of benzene rings is 1. The third-order valence-corrected chi connectivity index (χ3v) is 5.24. The number of aryl methyl sites for hydroxylation is 2. The zero-order chi connectivity index (χ0) is 22.1. The van der Waals surface area contributed by atoms with Crippen molar-refractivity contribution < 1.29 is 19.4 Å². The number of amides is 1. The Morgan fingerprint density at radius 1 is 1.23 bits per heavy atom. The molecule has 2 heterocycles. The Labute approximate surface area is 178 Å². The van der Waals surface area contributed by atoms with Crippen LogP contribution in [0.5, 0.6) is 5.75 Å². The average Bonchev–Trinajstić information content (AvgIpc) is 3.16. The van der Waals surface area contributed by atoms with Crippen molar-refractivity contribution in [3.63, 3.8) is 0 Å². The average molecular weight is 414 g/mol. The molecule has 7 heteroatoms. The summed E-state index contributed by atoms with van der Waals surface area (Å²) < 4.78 is 10.9. The van der Waals surface area contributed by atoms with Crippen LogP contribution in [0.15, 0.2) is 24.3 Å². The molecule has 1 aliphatic heterocycles. The molecule has 2 atom stereocenters. The molecular formula is C23H31N3O4. The second-order valence-electron chi connectivity index (χ2n) is 8.92. The van der Waals surface area contributed by atoms with E-state index in [1.54, 1.807) is 12.0 Å². The number of carbonyl (C=O) groups is 1. The van der Waals surface area contributed by atoms with Crippen LogP contribution in [0.3, 0.4) is 0 Å². The fourth-order valence-electron chi connectivity index (χ4n) is 3.69. The van der Waals surface area contributed by atoms with Crippen LogP contribution in [0.1, 0.15) is 50.1 Å². The van der Waals surface area contributed by atoms with Crippen LogP contribution >= 0.6 is 0 Å². The van der Waals surface area contributed by atoms with Crippen LogP contribution in [-0.4, -0.2) is 52.1 Å². The third-order valence-electron chi connectivity index (χ3n) is 5.24. The van der Waals surface area contributed by atoms with Gasteiger partial charge in [0.2, 0.25) is 0 Å². The highest BCUT2D eigenvalue weighted by atomic mass is 16.6. The molecule has 2 aromatic rings. The van der Waals surface area contributed by atoms with E-state index in [9.17, 15) is 9.90 Å². The summed E-state index contributed by atoms with van der Waals surface area (Å²) in [6.45, 7) is 10.5. The molecule has 1 aromatic heterocycles. The van der Waals surface area contributed by atoms with Crippen LogP contribution in [0.4, 0.5) is 4.79 Å². The highest BCUT2D eigenvalue weighted by molar-refractivity contribution is 5.70. The van der Waals surface area contributed by atoms with Gasteiger partial charge in [0.05, 0.1) is 18.5 Å². The Hall–Kier alpha value is -2.67. The van der Waals surface area contributed by atoms with Gasteiger partial charge in [-0.1, -0.05) is 6.07 Å². The van der Waals surface area contributed by atoms with E-state index >= 15 is 0 Å². The zero-order valence-electron chi connectivity index (χ0n) is 18.6. The van der Waals surface area contributed by atoms with E-state index in [4.69, 9.17) is 9.47 Å². The summed E-state index contributed by atoms with van der Waals surface area (Å²) >= 11 is 0. The first kappa shape index (κ1) is 22.0. The quantitative estimate of drug-likeness (QED) is 0.814. The predicted octanol–water partition coefficient (Wildman–Crippen LogP) is 4.06. The molecule has 1 amide bonds. The maximum absolute atomic E-state index is 12.3. The number of likely N-dealkylation sites (tertiary alicyclic amines) is 1. The molecule has 3 rings (SSSR count). The second-order valence-corrected chi connectivity index (χ2v) is 8.92.